The number of methoxy groups -OCH3 is 1. The van der Waals surface area contributed by atoms with Gasteiger partial charge in [-0.25, -0.2) is 0 Å². The molecule has 4 heteroatoms. The Hall–Kier alpha value is -1.55. The molecule has 4 nitrogen and oxygen atoms in total. The molecular weight excluding hydrogens is 252 g/mol. The van der Waals surface area contributed by atoms with Crippen LogP contribution in [0.2, 0.25) is 0 Å². The predicted molar refractivity (Wildman–Crippen MR) is 79.7 cm³/mol. The zero-order valence-electron chi connectivity index (χ0n) is 12.3. The summed E-state index contributed by atoms with van der Waals surface area (Å²) < 4.78 is 5.13. The second-order valence-electron chi connectivity index (χ2n) is 5.60. The van der Waals surface area contributed by atoms with Crippen LogP contribution in [0.1, 0.15) is 25.3 Å². The summed E-state index contributed by atoms with van der Waals surface area (Å²) in [6.07, 6.45) is 2.63. The molecule has 2 N–H and O–H groups in total. The van der Waals surface area contributed by atoms with Crippen molar-refractivity contribution in [3.8, 4) is 5.75 Å². The minimum Gasteiger partial charge on any atom is -0.497 e. The lowest BCUT2D eigenvalue weighted by Gasteiger charge is -2.37. The van der Waals surface area contributed by atoms with Crippen LogP contribution in [0.3, 0.4) is 0 Å². The van der Waals surface area contributed by atoms with Crippen LogP contribution in [0.4, 0.5) is 0 Å². The largest absolute Gasteiger partial charge is 0.497 e. The Morgan fingerprint density at radius 2 is 2.05 bits per heavy atom. The third-order valence-electron chi connectivity index (χ3n) is 4.15. The Bertz CT molecular complexity index is 444. The van der Waals surface area contributed by atoms with Crippen LogP contribution in [0.25, 0.3) is 0 Å². The highest BCUT2D eigenvalue weighted by atomic mass is 16.5. The summed E-state index contributed by atoms with van der Waals surface area (Å²) in [5, 5.41) is 0. The molecule has 1 heterocycles. The molecule has 1 fully saturated rings. The fourth-order valence-corrected chi connectivity index (χ4v) is 2.74. The Kier molecular flexibility index (Phi) is 5.01. The van der Waals surface area contributed by atoms with Crippen molar-refractivity contribution in [3.05, 3.63) is 29.8 Å². The molecule has 1 saturated heterocycles. The first-order chi connectivity index (χ1) is 9.63. The van der Waals surface area contributed by atoms with Crippen molar-refractivity contribution < 1.29 is 9.53 Å². The molecule has 1 aliphatic rings. The number of carbonyl (C=O) groups is 1. The zero-order chi connectivity index (χ0) is 14.5. The first kappa shape index (κ1) is 14.9. The normalized spacial score (nSPS) is 22.6. The van der Waals surface area contributed by atoms with E-state index in [1.54, 1.807) is 7.11 Å². The second kappa shape index (κ2) is 6.75. The molecule has 0 aliphatic carbocycles. The van der Waals surface area contributed by atoms with Gasteiger partial charge in [0.05, 0.1) is 13.5 Å². The third kappa shape index (κ3) is 3.51. The van der Waals surface area contributed by atoms with Gasteiger partial charge >= 0.3 is 0 Å². The van der Waals surface area contributed by atoms with Gasteiger partial charge in [-0.3, -0.25) is 4.79 Å². The smallest absolute Gasteiger partial charge is 0.227 e. The van der Waals surface area contributed by atoms with Crippen molar-refractivity contribution in [1.82, 2.24) is 4.90 Å². The summed E-state index contributed by atoms with van der Waals surface area (Å²) in [6.45, 7) is 3.59. The van der Waals surface area contributed by atoms with Crippen molar-refractivity contribution in [2.75, 3.05) is 20.2 Å². The van der Waals surface area contributed by atoms with Crippen LogP contribution in [-0.4, -0.2) is 37.0 Å². The quantitative estimate of drug-likeness (QED) is 0.912. The number of ether oxygens (including phenoxy) is 1. The van der Waals surface area contributed by atoms with Crippen LogP contribution in [0.15, 0.2) is 24.3 Å². The Balaban J connectivity index is 1.98. The summed E-state index contributed by atoms with van der Waals surface area (Å²) in [7, 11) is 1.64. The summed E-state index contributed by atoms with van der Waals surface area (Å²) in [5.41, 5.74) is 6.77. The summed E-state index contributed by atoms with van der Waals surface area (Å²) in [5.74, 6) is 1.46. The molecule has 110 valence electrons. The fourth-order valence-electron chi connectivity index (χ4n) is 2.74. The lowest BCUT2D eigenvalue weighted by molar-refractivity contribution is -0.134. The van der Waals surface area contributed by atoms with Crippen molar-refractivity contribution in [2.24, 2.45) is 11.7 Å². The first-order valence-electron chi connectivity index (χ1n) is 7.26. The Labute approximate surface area is 120 Å². The maximum atomic E-state index is 12.4. The first-order valence-corrected chi connectivity index (χ1v) is 7.26. The molecule has 2 atom stereocenters. The maximum absolute atomic E-state index is 12.4. The van der Waals surface area contributed by atoms with E-state index in [9.17, 15) is 4.79 Å². The van der Waals surface area contributed by atoms with E-state index in [1.807, 2.05) is 29.2 Å². The molecular formula is C16H24N2O2. The van der Waals surface area contributed by atoms with E-state index in [-0.39, 0.29) is 5.91 Å². The number of amides is 1. The van der Waals surface area contributed by atoms with Gasteiger partial charge in [-0.05, 0) is 49.9 Å². The van der Waals surface area contributed by atoms with E-state index in [4.69, 9.17) is 10.5 Å². The van der Waals surface area contributed by atoms with E-state index in [0.717, 1.165) is 30.7 Å². The minimum absolute atomic E-state index is 0.195. The average Bonchev–Trinajstić information content (AvgIpc) is 2.48. The number of hydrogen-bond donors (Lipinski definition) is 1. The number of rotatable bonds is 4. The van der Waals surface area contributed by atoms with E-state index in [0.29, 0.717) is 24.9 Å². The number of hydrogen-bond acceptors (Lipinski definition) is 3. The highest BCUT2D eigenvalue weighted by Crippen LogP contribution is 2.22. The van der Waals surface area contributed by atoms with Gasteiger partial charge in [-0.15, -0.1) is 0 Å². The van der Waals surface area contributed by atoms with Crippen LogP contribution < -0.4 is 10.5 Å². The molecule has 2 rings (SSSR count). The van der Waals surface area contributed by atoms with E-state index in [2.05, 4.69) is 6.92 Å². The lowest BCUT2D eigenvalue weighted by Crippen LogP contribution is -2.47. The molecule has 1 aliphatic heterocycles. The monoisotopic (exact) mass is 276 g/mol. The lowest BCUT2D eigenvalue weighted by atomic mass is 9.93. The van der Waals surface area contributed by atoms with Crippen molar-refractivity contribution in [3.63, 3.8) is 0 Å². The highest BCUT2D eigenvalue weighted by molar-refractivity contribution is 5.79. The summed E-state index contributed by atoms with van der Waals surface area (Å²) in [6, 6.07) is 8.01. The summed E-state index contributed by atoms with van der Waals surface area (Å²) >= 11 is 0. The number of carbonyl (C=O) groups excluding carboxylic acids is 1. The van der Waals surface area contributed by atoms with Crippen molar-refractivity contribution in [1.29, 1.82) is 0 Å². The highest BCUT2D eigenvalue weighted by Gasteiger charge is 2.28. The number of benzene rings is 1. The molecule has 20 heavy (non-hydrogen) atoms. The maximum Gasteiger partial charge on any atom is 0.227 e. The molecule has 0 aromatic heterocycles. The van der Waals surface area contributed by atoms with Crippen molar-refractivity contribution >= 4 is 5.91 Å². The molecule has 0 bridgehead atoms. The van der Waals surface area contributed by atoms with Gasteiger partial charge in [-0.1, -0.05) is 12.1 Å². The van der Waals surface area contributed by atoms with Gasteiger partial charge in [0.25, 0.3) is 0 Å². The van der Waals surface area contributed by atoms with Gasteiger partial charge < -0.3 is 15.4 Å². The number of piperidine rings is 1. The zero-order valence-corrected chi connectivity index (χ0v) is 12.3. The average molecular weight is 276 g/mol. The van der Waals surface area contributed by atoms with Crippen molar-refractivity contribution in [2.45, 2.75) is 32.2 Å². The minimum atomic E-state index is 0.195. The Morgan fingerprint density at radius 1 is 1.35 bits per heavy atom. The molecule has 0 radical (unpaired) electrons. The van der Waals surface area contributed by atoms with Crippen LogP contribution >= 0.6 is 0 Å². The molecule has 1 aromatic rings. The molecule has 0 spiro atoms. The van der Waals surface area contributed by atoms with E-state index in [1.165, 1.54) is 0 Å². The SMILES string of the molecule is COc1ccc(CC(=O)N2CC(CN)CCC2C)cc1. The molecule has 1 aromatic carbocycles. The second-order valence-corrected chi connectivity index (χ2v) is 5.60. The standard InChI is InChI=1S/C16H24N2O2/c1-12-3-4-14(10-17)11-18(12)16(19)9-13-5-7-15(20-2)8-6-13/h5-8,12,14H,3-4,9-11,17H2,1-2H3. The Morgan fingerprint density at radius 3 is 2.65 bits per heavy atom. The number of likely N-dealkylation sites (tertiary alicyclic amines) is 1. The predicted octanol–water partition coefficient (Wildman–Crippen LogP) is 1.82. The van der Waals surface area contributed by atoms with E-state index >= 15 is 0 Å². The van der Waals surface area contributed by atoms with Crippen LogP contribution in [-0.2, 0) is 11.2 Å². The number of nitrogens with two attached hydrogens (primary N) is 1. The molecule has 1 amide bonds. The summed E-state index contributed by atoms with van der Waals surface area (Å²) in [4.78, 5) is 14.4. The third-order valence-corrected chi connectivity index (χ3v) is 4.15. The van der Waals surface area contributed by atoms with Gasteiger partial charge in [0, 0.05) is 12.6 Å². The molecule has 2 unspecified atom stereocenters. The topological polar surface area (TPSA) is 55.6 Å². The fraction of sp³-hybridized carbons (Fsp3) is 0.562. The van der Waals surface area contributed by atoms with Gasteiger partial charge in [0.15, 0.2) is 0 Å². The van der Waals surface area contributed by atoms with Crippen LogP contribution in [0.5, 0.6) is 5.75 Å². The molecule has 0 saturated carbocycles. The number of nitrogens with zero attached hydrogens (tertiary/aromatic N) is 1. The van der Waals surface area contributed by atoms with Gasteiger partial charge in [-0.2, -0.15) is 0 Å². The van der Waals surface area contributed by atoms with Gasteiger partial charge in [0.1, 0.15) is 5.75 Å². The van der Waals surface area contributed by atoms with Crippen LogP contribution in [0, 0.1) is 5.92 Å². The van der Waals surface area contributed by atoms with E-state index < -0.39 is 0 Å². The van der Waals surface area contributed by atoms with Gasteiger partial charge in [0.2, 0.25) is 5.91 Å².